The van der Waals surface area contributed by atoms with Crippen LogP contribution in [0.2, 0.25) is 0 Å². The van der Waals surface area contributed by atoms with Crippen LogP contribution >= 0.6 is 27.5 Å². The van der Waals surface area contributed by atoms with E-state index >= 15 is 0 Å². The minimum Gasteiger partial charge on any atom is -0.306 e. The fourth-order valence-corrected chi connectivity index (χ4v) is 1.94. The third kappa shape index (κ3) is 3.72. The minimum atomic E-state index is -0.237. The summed E-state index contributed by atoms with van der Waals surface area (Å²) in [5, 5.41) is 3.38. The van der Waals surface area contributed by atoms with E-state index in [0.717, 1.165) is 12.0 Å². The van der Waals surface area contributed by atoms with Crippen molar-refractivity contribution in [2.75, 3.05) is 5.88 Å². The molecule has 1 nitrogen and oxygen atoms in total. The summed E-state index contributed by atoms with van der Waals surface area (Å²) in [6.45, 7) is 4.87. The zero-order valence-electron chi connectivity index (χ0n) is 9.49. The normalized spacial score (nSPS) is 14.8. The molecule has 1 unspecified atom stereocenters. The third-order valence-electron chi connectivity index (χ3n) is 2.78. The lowest BCUT2D eigenvalue weighted by molar-refractivity contribution is 0.379. The zero-order valence-corrected chi connectivity index (χ0v) is 11.8. The number of benzene rings is 1. The maximum Gasteiger partial charge on any atom is 0.137 e. The van der Waals surface area contributed by atoms with Gasteiger partial charge in [0.05, 0.1) is 4.47 Å². The maximum absolute atomic E-state index is 13.0. The van der Waals surface area contributed by atoms with Gasteiger partial charge in [-0.15, -0.1) is 11.6 Å². The summed E-state index contributed by atoms with van der Waals surface area (Å²) in [5.74, 6) is 0.325. The Bertz CT molecular complexity index is 353. The molecule has 1 atom stereocenters. The first-order valence-corrected chi connectivity index (χ1v) is 6.58. The van der Waals surface area contributed by atoms with E-state index in [2.05, 4.69) is 35.1 Å². The van der Waals surface area contributed by atoms with Gasteiger partial charge in [-0.25, -0.2) is 4.39 Å². The molecule has 90 valence electrons. The van der Waals surface area contributed by atoms with Crippen molar-refractivity contribution >= 4 is 27.5 Å². The average Bonchev–Trinajstić information content (AvgIpc) is 2.30. The molecule has 0 aliphatic carbocycles. The van der Waals surface area contributed by atoms with Gasteiger partial charge in [0.25, 0.3) is 0 Å². The Labute approximate surface area is 110 Å². The second-order valence-corrected chi connectivity index (χ2v) is 5.27. The molecule has 0 spiro atoms. The molecule has 4 heteroatoms. The SMILES string of the molecule is CCC(C)(CCl)NCc1ccc(F)c(Br)c1. The standard InChI is InChI=1S/C12H16BrClFN/c1-3-12(2,8-14)16-7-9-4-5-11(15)10(13)6-9/h4-6,16H,3,7-8H2,1-2H3. The van der Waals surface area contributed by atoms with Crippen LogP contribution in [0.3, 0.4) is 0 Å². The maximum atomic E-state index is 13.0. The highest BCUT2D eigenvalue weighted by Crippen LogP contribution is 2.18. The molecule has 0 amide bonds. The van der Waals surface area contributed by atoms with Gasteiger partial charge in [-0.05, 0) is 47.0 Å². The Morgan fingerprint density at radius 3 is 2.69 bits per heavy atom. The van der Waals surface area contributed by atoms with Gasteiger partial charge in [-0.3, -0.25) is 0 Å². The predicted octanol–water partition coefficient (Wildman–Crippen LogP) is 4.09. The third-order valence-corrected chi connectivity index (χ3v) is 3.98. The minimum absolute atomic E-state index is 0.0670. The van der Waals surface area contributed by atoms with E-state index in [1.165, 1.54) is 6.07 Å². The second-order valence-electron chi connectivity index (χ2n) is 4.15. The van der Waals surface area contributed by atoms with E-state index in [1.54, 1.807) is 12.1 Å². The molecule has 1 rings (SSSR count). The fraction of sp³-hybridized carbons (Fsp3) is 0.500. The summed E-state index contributed by atoms with van der Waals surface area (Å²) < 4.78 is 13.5. The number of rotatable bonds is 5. The van der Waals surface area contributed by atoms with Crippen LogP contribution in [0.25, 0.3) is 0 Å². The molecule has 0 aliphatic rings. The monoisotopic (exact) mass is 307 g/mol. The van der Waals surface area contributed by atoms with Gasteiger partial charge in [-0.2, -0.15) is 0 Å². The molecule has 0 saturated carbocycles. The van der Waals surface area contributed by atoms with Crippen LogP contribution in [-0.4, -0.2) is 11.4 Å². The Morgan fingerprint density at radius 2 is 2.19 bits per heavy atom. The molecule has 0 heterocycles. The summed E-state index contributed by atoms with van der Waals surface area (Å²) in [4.78, 5) is 0. The molecule has 0 radical (unpaired) electrons. The summed E-state index contributed by atoms with van der Waals surface area (Å²) in [5.41, 5.74) is 0.973. The Kier molecular flexibility index (Phi) is 5.22. The van der Waals surface area contributed by atoms with E-state index in [1.807, 2.05) is 0 Å². The van der Waals surface area contributed by atoms with Crippen molar-refractivity contribution in [3.8, 4) is 0 Å². The molecule has 1 aromatic rings. The first-order valence-electron chi connectivity index (χ1n) is 5.25. The van der Waals surface area contributed by atoms with Crippen molar-refractivity contribution in [2.24, 2.45) is 0 Å². The number of nitrogens with one attached hydrogen (secondary N) is 1. The van der Waals surface area contributed by atoms with E-state index < -0.39 is 0 Å². The molecule has 16 heavy (non-hydrogen) atoms. The number of alkyl halides is 1. The summed E-state index contributed by atoms with van der Waals surface area (Å²) >= 11 is 9.07. The predicted molar refractivity (Wildman–Crippen MR) is 70.4 cm³/mol. The van der Waals surface area contributed by atoms with Crippen LogP contribution in [0.4, 0.5) is 4.39 Å². The summed E-state index contributed by atoms with van der Waals surface area (Å²) in [6.07, 6.45) is 0.957. The highest BCUT2D eigenvalue weighted by molar-refractivity contribution is 9.10. The Hall–Kier alpha value is -0.120. The van der Waals surface area contributed by atoms with Crippen molar-refractivity contribution < 1.29 is 4.39 Å². The molecule has 0 saturated heterocycles. The average molecular weight is 309 g/mol. The van der Waals surface area contributed by atoms with Crippen LogP contribution in [0.15, 0.2) is 22.7 Å². The summed E-state index contributed by atoms with van der Waals surface area (Å²) in [6, 6.07) is 5.02. The smallest absolute Gasteiger partial charge is 0.137 e. The zero-order chi connectivity index (χ0) is 12.2. The first-order chi connectivity index (χ1) is 7.50. The molecule has 1 N–H and O–H groups in total. The van der Waals surface area contributed by atoms with Gasteiger partial charge in [0.1, 0.15) is 5.82 Å². The largest absolute Gasteiger partial charge is 0.306 e. The molecule has 0 bridgehead atoms. The van der Waals surface area contributed by atoms with Crippen molar-refractivity contribution in [3.63, 3.8) is 0 Å². The summed E-state index contributed by atoms with van der Waals surface area (Å²) in [7, 11) is 0. The van der Waals surface area contributed by atoms with E-state index in [0.29, 0.717) is 16.9 Å². The number of hydrogen-bond donors (Lipinski definition) is 1. The van der Waals surface area contributed by atoms with E-state index in [4.69, 9.17) is 11.6 Å². The lowest BCUT2D eigenvalue weighted by Crippen LogP contribution is -2.42. The van der Waals surface area contributed by atoms with Crippen LogP contribution in [0, 0.1) is 5.82 Å². The van der Waals surface area contributed by atoms with Crippen molar-refractivity contribution in [2.45, 2.75) is 32.4 Å². The number of hydrogen-bond acceptors (Lipinski definition) is 1. The van der Waals surface area contributed by atoms with E-state index in [9.17, 15) is 4.39 Å². The van der Waals surface area contributed by atoms with Crippen molar-refractivity contribution in [1.29, 1.82) is 0 Å². The van der Waals surface area contributed by atoms with Crippen LogP contribution in [-0.2, 0) is 6.54 Å². The lowest BCUT2D eigenvalue weighted by atomic mass is 10.0. The van der Waals surface area contributed by atoms with Crippen molar-refractivity contribution in [3.05, 3.63) is 34.1 Å². The van der Waals surface area contributed by atoms with Crippen LogP contribution < -0.4 is 5.32 Å². The Morgan fingerprint density at radius 1 is 1.50 bits per heavy atom. The molecule has 1 aromatic carbocycles. The Balaban J connectivity index is 2.64. The lowest BCUT2D eigenvalue weighted by Gasteiger charge is -2.27. The molecule has 0 aromatic heterocycles. The highest BCUT2D eigenvalue weighted by atomic mass is 79.9. The highest BCUT2D eigenvalue weighted by Gasteiger charge is 2.19. The van der Waals surface area contributed by atoms with Crippen LogP contribution in [0.1, 0.15) is 25.8 Å². The van der Waals surface area contributed by atoms with E-state index in [-0.39, 0.29) is 11.4 Å². The molecule has 0 aliphatic heterocycles. The van der Waals surface area contributed by atoms with Gasteiger partial charge in [-0.1, -0.05) is 13.0 Å². The van der Waals surface area contributed by atoms with Crippen LogP contribution in [0.5, 0.6) is 0 Å². The van der Waals surface area contributed by atoms with Gasteiger partial charge >= 0.3 is 0 Å². The molecular weight excluding hydrogens is 292 g/mol. The van der Waals surface area contributed by atoms with Gasteiger partial charge in [0, 0.05) is 18.0 Å². The molecule has 0 fully saturated rings. The topological polar surface area (TPSA) is 12.0 Å². The quantitative estimate of drug-likeness (QED) is 0.808. The first kappa shape index (κ1) is 13.9. The second kappa shape index (κ2) is 5.99. The van der Waals surface area contributed by atoms with Gasteiger partial charge in [0.15, 0.2) is 0 Å². The fourth-order valence-electron chi connectivity index (χ4n) is 1.23. The van der Waals surface area contributed by atoms with Gasteiger partial charge < -0.3 is 5.32 Å². The molecular formula is C12H16BrClFN. The van der Waals surface area contributed by atoms with Crippen molar-refractivity contribution in [1.82, 2.24) is 5.32 Å². The number of halogens is 3. The van der Waals surface area contributed by atoms with Gasteiger partial charge in [0.2, 0.25) is 0 Å².